The summed E-state index contributed by atoms with van der Waals surface area (Å²) in [5.74, 6) is 0.888. The Morgan fingerprint density at radius 3 is 2.58 bits per heavy atom. The molecule has 26 heavy (non-hydrogen) atoms. The van der Waals surface area contributed by atoms with Crippen molar-refractivity contribution in [1.82, 2.24) is 24.2 Å². The molecular formula is C17H26N6O2S. The standard InChI is InChI=1S/C17H26N6O2S/c1-14(2)23-12-17(19-13-23)26(24,25)20-11-15-4-5-18-16(10-15)22-8-6-21(3)7-9-22/h4-5,10,12-14,20H,6-9,11H2,1-3H3. The highest BCUT2D eigenvalue weighted by atomic mass is 32.2. The highest BCUT2D eigenvalue weighted by Gasteiger charge is 2.19. The van der Waals surface area contributed by atoms with Gasteiger partial charge in [-0.25, -0.2) is 23.1 Å². The molecule has 2 aromatic heterocycles. The second-order valence-corrected chi connectivity index (χ2v) is 8.60. The van der Waals surface area contributed by atoms with Gasteiger partial charge in [-0.2, -0.15) is 0 Å². The minimum Gasteiger partial charge on any atom is -0.354 e. The van der Waals surface area contributed by atoms with Crippen LogP contribution in [-0.2, 0) is 16.6 Å². The first-order valence-electron chi connectivity index (χ1n) is 8.77. The zero-order valence-corrected chi connectivity index (χ0v) is 16.3. The molecule has 142 valence electrons. The van der Waals surface area contributed by atoms with Crippen LogP contribution < -0.4 is 9.62 Å². The zero-order valence-electron chi connectivity index (χ0n) is 15.5. The molecule has 2 aromatic rings. The first kappa shape index (κ1) is 18.8. The number of nitrogens with zero attached hydrogens (tertiary/aromatic N) is 5. The van der Waals surface area contributed by atoms with Gasteiger partial charge in [-0.15, -0.1) is 0 Å². The fourth-order valence-electron chi connectivity index (χ4n) is 2.77. The van der Waals surface area contributed by atoms with Crippen LogP contribution in [0.25, 0.3) is 0 Å². The van der Waals surface area contributed by atoms with Gasteiger partial charge < -0.3 is 14.4 Å². The van der Waals surface area contributed by atoms with E-state index in [1.54, 1.807) is 17.0 Å². The van der Waals surface area contributed by atoms with Crippen LogP contribution in [0.2, 0.25) is 0 Å². The molecule has 0 saturated carbocycles. The maximum Gasteiger partial charge on any atom is 0.259 e. The number of likely N-dealkylation sites (N-methyl/N-ethyl adjacent to an activating group) is 1. The van der Waals surface area contributed by atoms with E-state index in [0.717, 1.165) is 37.6 Å². The molecule has 0 aromatic carbocycles. The van der Waals surface area contributed by atoms with Crippen LogP contribution in [0.3, 0.4) is 0 Å². The number of hydrogen-bond acceptors (Lipinski definition) is 6. The Morgan fingerprint density at radius 2 is 1.92 bits per heavy atom. The molecule has 0 radical (unpaired) electrons. The quantitative estimate of drug-likeness (QED) is 0.810. The van der Waals surface area contributed by atoms with E-state index in [2.05, 4.69) is 31.5 Å². The van der Waals surface area contributed by atoms with Gasteiger partial charge in [-0.3, -0.25) is 0 Å². The van der Waals surface area contributed by atoms with E-state index in [4.69, 9.17) is 0 Å². The van der Waals surface area contributed by atoms with E-state index in [9.17, 15) is 8.42 Å². The predicted molar refractivity (Wildman–Crippen MR) is 101 cm³/mol. The van der Waals surface area contributed by atoms with Crippen LogP contribution >= 0.6 is 0 Å². The van der Waals surface area contributed by atoms with Crippen LogP contribution in [0.15, 0.2) is 35.9 Å². The van der Waals surface area contributed by atoms with Gasteiger partial charge in [0, 0.05) is 51.2 Å². The van der Waals surface area contributed by atoms with E-state index in [1.165, 1.54) is 6.33 Å². The molecule has 8 nitrogen and oxygen atoms in total. The topological polar surface area (TPSA) is 83.4 Å². The van der Waals surface area contributed by atoms with Gasteiger partial charge in [0.25, 0.3) is 10.0 Å². The van der Waals surface area contributed by atoms with Crippen molar-refractivity contribution in [3.05, 3.63) is 36.4 Å². The SMILES string of the molecule is CC(C)n1cnc(S(=O)(=O)NCc2ccnc(N3CCN(C)CC3)c2)c1. The molecular weight excluding hydrogens is 352 g/mol. The highest BCUT2D eigenvalue weighted by molar-refractivity contribution is 7.89. The Labute approximate surface area is 154 Å². The van der Waals surface area contributed by atoms with Crippen molar-refractivity contribution < 1.29 is 8.42 Å². The summed E-state index contributed by atoms with van der Waals surface area (Å²) in [6.45, 7) is 8.00. The molecule has 1 fully saturated rings. The van der Waals surface area contributed by atoms with Gasteiger partial charge in [0.2, 0.25) is 0 Å². The third kappa shape index (κ3) is 4.40. The lowest BCUT2D eigenvalue weighted by atomic mass is 10.2. The van der Waals surface area contributed by atoms with E-state index < -0.39 is 10.0 Å². The Bertz CT molecular complexity index is 840. The normalized spacial score (nSPS) is 16.4. The average Bonchev–Trinajstić information content (AvgIpc) is 3.12. The van der Waals surface area contributed by atoms with Crippen LogP contribution in [-0.4, -0.2) is 61.1 Å². The number of rotatable bonds is 6. The minimum absolute atomic E-state index is 0.0412. The molecule has 0 bridgehead atoms. The van der Waals surface area contributed by atoms with Gasteiger partial charge in [-0.05, 0) is 38.6 Å². The second-order valence-electron chi connectivity index (χ2n) is 6.89. The van der Waals surface area contributed by atoms with Crippen LogP contribution in [0.1, 0.15) is 25.5 Å². The summed E-state index contributed by atoms with van der Waals surface area (Å²) in [5, 5.41) is 0.0412. The molecule has 1 aliphatic rings. The fraction of sp³-hybridized carbons (Fsp3) is 0.529. The number of aromatic nitrogens is 3. The second kappa shape index (κ2) is 7.73. The van der Waals surface area contributed by atoms with E-state index >= 15 is 0 Å². The Balaban J connectivity index is 1.66. The third-order valence-electron chi connectivity index (χ3n) is 4.55. The smallest absolute Gasteiger partial charge is 0.259 e. The zero-order chi connectivity index (χ0) is 18.7. The lowest BCUT2D eigenvalue weighted by Gasteiger charge is -2.33. The molecule has 3 heterocycles. The van der Waals surface area contributed by atoms with E-state index in [0.29, 0.717) is 0 Å². The molecule has 0 atom stereocenters. The van der Waals surface area contributed by atoms with Crippen molar-refractivity contribution in [2.24, 2.45) is 0 Å². The van der Waals surface area contributed by atoms with Crippen LogP contribution in [0.5, 0.6) is 0 Å². The summed E-state index contributed by atoms with van der Waals surface area (Å²) in [7, 11) is -1.53. The number of piperazine rings is 1. The Morgan fingerprint density at radius 1 is 1.19 bits per heavy atom. The van der Waals surface area contributed by atoms with Crippen molar-refractivity contribution in [3.63, 3.8) is 0 Å². The summed E-state index contributed by atoms with van der Waals surface area (Å²) in [4.78, 5) is 12.9. The van der Waals surface area contributed by atoms with E-state index in [1.807, 2.05) is 26.0 Å². The molecule has 0 unspecified atom stereocenters. The van der Waals surface area contributed by atoms with Gasteiger partial charge in [-0.1, -0.05) is 0 Å². The molecule has 3 rings (SSSR count). The number of hydrogen-bond donors (Lipinski definition) is 1. The lowest BCUT2D eigenvalue weighted by Crippen LogP contribution is -2.44. The Hall–Kier alpha value is -1.97. The summed E-state index contributed by atoms with van der Waals surface area (Å²) in [6.07, 6.45) is 4.82. The molecule has 0 aliphatic carbocycles. The summed E-state index contributed by atoms with van der Waals surface area (Å²) < 4.78 is 29.3. The fourth-order valence-corrected chi connectivity index (χ4v) is 3.72. The molecule has 9 heteroatoms. The maximum absolute atomic E-state index is 12.4. The van der Waals surface area contributed by atoms with Crippen molar-refractivity contribution in [3.8, 4) is 0 Å². The van der Waals surface area contributed by atoms with Gasteiger partial charge >= 0.3 is 0 Å². The van der Waals surface area contributed by atoms with Gasteiger partial charge in [0.15, 0.2) is 5.03 Å². The van der Waals surface area contributed by atoms with Gasteiger partial charge in [0.05, 0.1) is 6.33 Å². The number of anilines is 1. The van der Waals surface area contributed by atoms with Crippen LogP contribution in [0, 0.1) is 0 Å². The number of imidazole rings is 1. The van der Waals surface area contributed by atoms with Crippen molar-refractivity contribution in [1.29, 1.82) is 0 Å². The van der Waals surface area contributed by atoms with Crippen LogP contribution in [0.4, 0.5) is 5.82 Å². The van der Waals surface area contributed by atoms with Gasteiger partial charge in [0.1, 0.15) is 5.82 Å². The lowest BCUT2D eigenvalue weighted by molar-refractivity contribution is 0.312. The summed E-state index contributed by atoms with van der Waals surface area (Å²) in [6, 6.07) is 3.94. The van der Waals surface area contributed by atoms with Crippen molar-refractivity contribution >= 4 is 15.8 Å². The van der Waals surface area contributed by atoms with Crippen molar-refractivity contribution in [2.75, 3.05) is 38.1 Å². The minimum atomic E-state index is -3.64. The number of sulfonamides is 1. The molecule has 0 amide bonds. The van der Waals surface area contributed by atoms with E-state index in [-0.39, 0.29) is 17.6 Å². The maximum atomic E-state index is 12.4. The largest absolute Gasteiger partial charge is 0.354 e. The molecule has 1 aliphatic heterocycles. The van der Waals surface area contributed by atoms with Crippen molar-refractivity contribution in [2.45, 2.75) is 31.5 Å². The molecule has 1 N–H and O–H groups in total. The monoisotopic (exact) mass is 378 g/mol. The first-order valence-corrected chi connectivity index (χ1v) is 10.2. The molecule has 1 saturated heterocycles. The average molecular weight is 379 g/mol. The molecule has 0 spiro atoms. The summed E-state index contributed by atoms with van der Waals surface area (Å²) in [5.41, 5.74) is 0.876. The number of pyridine rings is 1. The third-order valence-corrected chi connectivity index (χ3v) is 5.84. The Kier molecular flexibility index (Phi) is 5.59. The predicted octanol–water partition coefficient (Wildman–Crippen LogP) is 1.09. The summed E-state index contributed by atoms with van der Waals surface area (Å²) >= 11 is 0. The number of nitrogens with one attached hydrogen (secondary N) is 1. The first-order chi connectivity index (χ1) is 12.3. The highest BCUT2D eigenvalue weighted by Crippen LogP contribution is 2.16.